The molecule has 168 valence electrons. The molecule has 0 aromatic heterocycles. The second-order valence-corrected chi connectivity index (χ2v) is 13.1. The zero-order valence-corrected chi connectivity index (χ0v) is 19.6. The van der Waals surface area contributed by atoms with Crippen LogP contribution in [0.5, 0.6) is 0 Å². The summed E-state index contributed by atoms with van der Waals surface area (Å²) in [6.45, 7) is 8.25. The predicted octanol–water partition coefficient (Wildman–Crippen LogP) is 3.76. The number of nitrogens with two attached hydrogens (primary N) is 2. The highest BCUT2D eigenvalue weighted by molar-refractivity contribution is 8.29. The van der Waals surface area contributed by atoms with Crippen molar-refractivity contribution in [3.05, 3.63) is 52.1 Å². The van der Waals surface area contributed by atoms with Crippen LogP contribution in [-0.2, 0) is 8.98 Å². The molecule has 6 nitrogen and oxygen atoms in total. The summed E-state index contributed by atoms with van der Waals surface area (Å²) >= 11 is 5.89. The molecule has 2 rings (SSSR count). The Morgan fingerprint density at radius 3 is 2.50 bits per heavy atom. The molecule has 9 heteroatoms. The van der Waals surface area contributed by atoms with E-state index in [1.165, 1.54) is 24.3 Å². The average Bonchev–Trinajstić information content (AvgIpc) is 2.58. The van der Waals surface area contributed by atoms with Crippen LogP contribution < -0.4 is 11.5 Å². The van der Waals surface area contributed by atoms with Crippen molar-refractivity contribution in [3.8, 4) is 0 Å². The van der Waals surface area contributed by atoms with Crippen LogP contribution in [0.1, 0.15) is 26.3 Å². The van der Waals surface area contributed by atoms with Gasteiger partial charge < -0.3 is 25.7 Å². The molecule has 0 radical (unpaired) electrons. The van der Waals surface area contributed by atoms with Crippen molar-refractivity contribution < 1.29 is 18.5 Å². The van der Waals surface area contributed by atoms with Crippen molar-refractivity contribution in [2.45, 2.75) is 25.5 Å². The molecule has 0 amide bonds. The van der Waals surface area contributed by atoms with Crippen molar-refractivity contribution in [1.82, 2.24) is 4.90 Å². The van der Waals surface area contributed by atoms with Crippen LogP contribution in [0.15, 0.2) is 35.7 Å². The van der Waals surface area contributed by atoms with Gasteiger partial charge in [-0.1, -0.05) is 32.4 Å². The van der Waals surface area contributed by atoms with Gasteiger partial charge in [-0.15, -0.1) is 10.3 Å². The Balaban J connectivity index is 2.12. The van der Waals surface area contributed by atoms with E-state index in [0.29, 0.717) is 24.7 Å². The molecular formula is C21H31ClFN3O3S. The summed E-state index contributed by atoms with van der Waals surface area (Å²) in [6.07, 6.45) is 5.45. The van der Waals surface area contributed by atoms with Gasteiger partial charge in [-0.3, -0.25) is 0 Å². The van der Waals surface area contributed by atoms with Crippen LogP contribution in [0.4, 0.5) is 4.39 Å². The maximum atomic E-state index is 14.0. The van der Waals surface area contributed by atoms with Gasteiger partial charge in [-0.2, -0.15) is 0 Å². The highest BCUT2D eigenvalue weighted by Gasteiger charge is 2.34. The number of hydrogen-bond donors (Lipinski definition) is 3. The minimum Gasteiger partial charge on any atom is -0.478 e. The first-order chi connectivity index (χ1) is 13.7. The van der Waals surface area contributed by atoms with Crippen LogP contribution in [0.2, 0.25) is 5.02 Å². The van der Waals surface area contributed by atoms with E-state index in [9.17, 15) is 14.3 Å². The zero-order chi connectivity index (χ0) is 22.9. The first-order valence-electron chi connectivity index (χ1n) is 9.51. The van der Waals surface area contributed by atoms with Gasteiger partial charge in [-0.25, -0.2) is 9.18 Å². The Hall–Kier alpha value is -1.90. The number of carboxylic acids is 1. The lowest BCUT2D eigenvalue weighted by Gasteiger charge is -2.47. The normalized spacial score (nSPS) is 17.4. The highest BCUT2D eigenvalue weighted by Crippen LogP contribution is 2.54. The van der Waals surface area contributed by atoms with Crippen molar-refractivity contribution in [1.29, 1.82) is 0 Å². The summed E-state index contributed by atoms with van der Waals surface area (Å²) in [5.41, 5.74) is 11.8. The van der Waals surface area contributed by atoms with Crippen molar-refractivity contribution in [3.63, 3.8) is 0 Å². The van der Waals surface area contributed by atoms with Gasteiger partial charge in [0.15, 0.2) is 0 Å². The Morgan fingerprint density at radius 2 is 1.97 bits per heavy atom. The molecule has 1 heterocycles. The summed E-state index contributed by atoms with van der Waals surface area (Å²) in [5, 5.41) is 9.89. The van der Waals surface area contributed by atoms with E-state index in [1.807, 2.05) is 0 Å². The summed E-state index contributed by atoms with van der Waals surface area (Å²) in [7, 11) is -1.22. The lowest BCUT2D eigenvalue weighted by atomic mass is 10.0. The highest BCUT2D eigenvalue weighted by atomic mass is 35.5. The van der Waals surface area contributed by atoms with E-state index in [2.05, 4.69) is 33.3 Å². The number of aliphatic carboxylic acids is 1. The summed E-state index contributed by atoms with van der Waals surface area (Å²) < 4.78 is 20.3. The fraction of sp³-hybridized carbons (Fsp3) is 0.476. The molecule has 1 aliphatic heterocycles. The molecular weight excluding hydrogens is 429 g/mol. The number of carboxylic acid groups (broad SMARTS) is 1. The molecule has 1 aliphatic rings. The van der Waals surface area contributed by atoms with Gasteiger partial charge in [0.1, 0.15) is 17.2 Å². The topological polar surface area (TPSA) is 102 Å². The molecule has 0 spiro atoms. The van der Waals surface area contributed by atoms with Crippen molar-refractivity contribution >= 4 is 33.6 Å². The molecule has 1 aromatic rings. The number of rotatable bonds is 7. The molecule has 0 atom stereocenters. The second-order valence-electron chi connectivity index (χ2n) is 8.73. The molecule has 1 aromatic carbocycles. The Morgan fingerprint density at radius 1 is 1.37 bits per heavy atom. The lowest BCUT2D eigenvalue weighted by Crippen LogP contribution is -2.50. The second kappa shape index (κ2) is 9.08. The van der Waals surface area contributed by atoms with E-state index in [4.69, 9.17) is 27.3 Å². The van der Waals surface area contributed by atoms with E-state index in [-0.39, 0.29) is 33.3 Å². The van der Waals surface area contributed by atoms with E-state index >= 15 is 0 Å². The van der Waals surface area contributed by atoms with Crippen molar-refractivity contribution in [2.24, 2.45) is 17.4 Å². The minimum atomic E-state index is -1.24. The number of halogens is 2. The Labute approximate surface area is 184 Å². The van der Waals surface area contributed by atoms with Gasteiger partial charge in [0.2, 0.25) is 0 Å². The molecule has 1 saturated heterocycles. The molecule has 5 N–H and O–H groups in total. The van der Waals surface area contributed by atoms with E-state index < -0.39 is 22.1 Å². The van der Waals surface area contributed by atoms with Crippen LogP contribution in [0, 0.1) is 11.7 Å². The molecule has 0 saturated carbocycles. The van der Waals surface area contributed by atoms with Gasteiger partial charge in [0, 0.05) is 40.0 Å². The standard InChI is InChI=1S/C21H31ClFN3O3S/c1-21(2,3)30(4,5)29-12-13-10-26(11-13)19(25)16(20(27)28)9-18(24)15-8-14(22)6-7-17(15)23/h6-9,13H,10-12,24-25H2,1-5H3,(H,27,28)/b18-9-,19-16-. The lowest BCUT2D eigenvalue weighted by molar-refractivity contribution is -0.132. The SMILES string of the molecule is CC(C)(C)S(C)(C)OCC1CN(/C(N)=C(/C=C(\N)c2cc(Cl)ccc2F)C(=O)O)C1. The third-order valence-corrected chi connectivity index (χ3v) is 9.33. The smallest absolute Gasteiger partial charge is 0.339 e. The largest absolute Gasteiger partial charge is 0.478 e. The maximum absolute atomic E-state index is 14.0. The third-order valence-electron chi connectivity index (χ3n) is 5.42. The van der Waals surface area contributed by atoms with Gasteiger partial charge in [-0.05, 0) is 36.8 Å². The molecule has 1 fully saturated rings. The van der Waals surface area contributed by atoms with Gasteiger partial charge in [0.05, 0.1) is 6.61 Å². The predicted molar refractivity (Wildman–Crippen MR) is 123 cm³/mol. The number of benzene rings is 1. The Kier molecular flexibility index (Phi) is 7.37. The Bertz CT molecular complexity index is 875. The molecule has 0 aliphatic carbocycles. The monoisotopic (exact) mass is 459 g/mol. The summed E-state index contributed by atoms with van der Waals surface area (Å²) in [4.78, 5) is 13.5. The quantitative estimate of drug-likeness (QED) is 0.424. The van der Waals surface area contributed by atoms with Gasteiger partial charge >= 0.3 is 5.97 Å². The molecule has 30 heavy (non-hydrogen) atoms. The van der Waals surface area contributed by atoms with Crippen molar-refractivity contribution in [2.75, 3.05) is 32.2 Å². The average molecular weight is 460 g/mol. The molecule has 0 bridgehead atoms. The van der Waals surface area contributed by atoms with Crippen LogP contribution in [0.25, 0.3) is 5.70 Å². The third kappa shape index (κ3) is 5.62. The number of carbonyl (C=O) groups is 1. The number of hydrogen-bond acceptors (Lipinski definition) is 5. The first kappa shape index (κ1) is 24.4. The van der Waals surface area contributed by atoms with Crippen LogP contribution in [-0.4, -0.2) is 52.9 Å². The van der Waals surface area contributed by atoms with Crippen LogP contribution in [0.3, 0.4) is 0 Å². The van der Waals surface area contributed by atoms with E-state index in [1.54, 1.807) is 4.90 Å². The zero-order valence-electron chi connectivity index (χ0n) is 18.0. The number of nitrogens with zero attached hydrogens (tertiary/aromatic N) is 1. The van der Waals surface area contributed by atoms with Gasteiger partial charge in [0.25, 0.3) is 0 Å². The summed E-state index contributed by atoms with van der Waals surface area (Å²) in [5.74, 6) is -1.48. The maximum Gasteiger partial charge on any atom is 0.339 e. The van der Waals surface area contributed by atoms with Crippen LogP contribution >= 0.6 is 21.9 Å². The van der Waals surface area contributed by atoms with E-state index in [0.717, 1.165) is 0 Å². The fourth-order valence-corrected chi connectivity index (χ4v) is 3.74. The number of likely N-dealkylation sites (tertiary alicyclic amines) is 1. The fourth-order valence-electron chi connectivity index (χ4n) is 2.68. The summed E-state index contributed by atoms with van der Waals surface area (Å²) in [6, 6.07) is 3.91. The first-order valence-corrected chi connectivity index (χ1v) is 12.3. The minimum absolute atomic E-state index is 0.0244. The molecule has 0 unspecified atom stereocenters.